The summed E-state index contributed by atoms with van der Waals surface area (Å²) in [6.07, 6.45) is 3.07. The topological polar surface area (TPSA) is 83.4 Å². The molecule has 0 bridgehead atoms. The summed E-state index contributed by atoms with van der Waals surface area (Å²) >= 11 is 1.20. The van der Waals surface area contributed by atoms with Gasteiger partial charge in [-0.15, -0.1) is 11.3 Å². The van der Waals surface area contributed by atoms with Gasteiger partial charge in [0.2, 0.25) is 5.78 Å². The third-order valence-electron chi connectivity index (χ3n) is 5.58. The molecular formula is C26H18FN3O3S. The van der Waals surface area contributed by atoms with E-state index in [0.717, 1.165) is 5.56 Å². The summed E-state index contributed by atoms with van der Waals surface area (Å²) < 4.78 is 14.0. The number of aromatic nitrogens is 2. The van der Waals surface area contributed by atoms with Crippen LogP contribution in [0.15, 0.2) is 90.5 Å². The second-order valence-electron chi connectivity index (χ2n) is 7.73. The second-order valence-corrected chi connectivity index (χ2v) is 8.73. The molecule has 6 nitrogen and oxygen atoms in total. The SMILES string of the molecule is Cc1nc(-c2ccccc2)sc1C(=O)C1=C(O)C(=O)N(c2cccc(F)c2)C1c1ccncc1. The van der Waals surface area contributed by atoms with Crippen molar-refractivity contribution in [3.8, 4) is 10.6 Å². The summed E-state index contributed by atoms with van der Waals surface area (Å²) in [5.74, 6) is -2.47. The van der Waals surface area contributed by atoms with Crippen molar-refractivity contribution < 1.29 is 19.1 Å². The molecule has 0 radical (unpaired) electrons. The summed E-state index contributed by atoms with van der Waals surface area (Å²) in [5, 5.41) is 11.5. The Morgan fingerprint density at radius 3 is 2.50 bits per heavy atom. The first-order valence-corrected chi connectivity index (χ1v) is 11.3. The highest BCUT2D eigenvalue weighted by Gasteiger charge is 2.45. The van der Waals surface area contributed by atoms with Gasteiger partial charge in [-0.3, -0.25) is 19.5 Å². The number of benzene rings is 2. The molecule has 1 N–H and O–H groups in total. The molecule has 1 atom stereocenters. The van der Waals surface area contributed by atoms with Crippen molar-refractivity contribution in [1.29, 1.82) is 0 Å². The van der Waals surface area contributed by atoms with Gasteiger partial charge in [0.05, 0.1) is 22.2 Å². The zero-order chi connectivity index (χ0) is 23.8. The maximum Gasteiger partial charge on any atom is 0.294 e. The Hall–Kier alpha value is -4.17. The fourth-order valence-electron chi connectivity index (χ4n) is 4.02. The molecule has 0 fully saturated rings. The van der Waals surface area contributed by atoms with E-state index in [-0.39, 0.29) is 11.3 Å². The van der Waals surface area contributed by atoms with Gasteiger partial charge in [0.1, 0.15) is 10.8 Å². The lowest BCUT2D eigenvalue weighted by atomic mass is 9.95. The minimum atomic E-state index is -0.952. The third kappa shape index (κ3) is 3.68. The minimum absolute atomic E-state index is 0.0770. The number of ketones is 1. The number of aryl methyl sites for hydroxylation is 1. The number of halogens is 1. The van der Waals surface area contributed by atoms with Crippen LogP contribution in [-0.2, 0) is 4.79 Å². The third-order valence-corrected chi connectivity index (χ3v) is 6.79. The van der Waals surface area contributed by atoms with Crippen molar-refractivity contribution >= 4 is 28.7 Å². The van der Waals surface area contributed by atoms with Gasteiger partial charge < -0.3 is 5.11 Å². The fourth-order valence-corrected chi connectivity index (χ4v) is 5.05. The first kappa shape index (κ1) is 21.7. The van der Waals surface area contributed by atoms with E-state index >= 15 is 0 Å². The van der Waals surface area contributed by atoms with E-state index in [4.69, 9.17) is 0 Å². The number of Topliss-reactive ketones (excluding diaryl/α,β-unsaturated/α-hetero) is 1. The molecule has 34 heavy (non-hydrogen) atoms. The van der Waals surface area contributed by atoms with Gasteiger partial charge in [-0.05, 0) is 42.8 Å². The standard InChI is InChI=1S/C26H18FN3O3S/c1-15-24(34-25(29-15)17-6-3-2-4-7-17)22(31)20-21(16-10-12-28-13-11-16)30(26(33)23(20)32)19-9-5-8-18(27)14-19/h2-14,21,32H,1H3. The van der Waals surface area contributed by atoms with Crippen molar-refractivity contribution in [3.05, 3.63) is 112 Å². The van der Waals surface area contributed by atoms with Crippen LogP contribution < -0.4 is 4.90 Å². The Morgan fingerprint density at radius 1 is 1.06 bits per heavy atom. The van der Waals surface area contributed by atoms with Crippen molar-refractivity contribution in [2.24, 2.45) is 0 Å². The number of nitrogens with zero attached hydrogens (tertiary/aromatic N) is 3. The molecule has 0 saturated carbocycles. The van der Waals surface area contributed by atoms with Crippen LogP contribution in [0.25, 0.3) is 10.6 Å². The highest BCUT2D eigenvalue weighted by Crippen LogP contribution is 2.43. The highest BCUT2D eigenvalue weighted by atomic mass is 32.1. The van der Waals surface area contributed by atoms with Crippen LogP contribution in [0.5, 0.6) is 0 Å². The highest BCUT2D eigenvalue weighted by molar-refractivity contribution is 7.17. The quantitative estimate of drug-likeness (QED) is 0.392. The smallest absolute Gasteiger partial charge is 0.294 e. The molecular weight excluding hydrogens is 453 g/mol. The van der Waals surface area contributed by atoms with Crippen LogP contribution in [0.1, 0.15) is 27.0 Å². The molecule has 2 aromatic heterocycles. The summed E-state index contributed by atoms with van der Waals surface area (Å²) in [5.41, 5.74) is 2.08. The van der Waals surface area contributed by atoms with Gasteiger partial charge >= 0.3 is 0 Å². The van der Waals surface area contributed by atoms with Gasteiger partial charge in [-0.2, -0.15) is 0 Å². The number of rotatable bonds is 5. The van der Waals surface area contributed by atoms with E-state index in [1.807, 2.05) is 30.3 Å². The number of aliphatic hydroxyl groups excluding tert-OH is 1. The Kier molecular flexibility index (Phi) is 5.51. The second kappa shape index (κ2) is 8.64. The number of aliphatic hydroxyl groups is 1. The molecule has 1 unspecified atom stereocenters. The molecule has 1 aliphatic heterocycles. The number of pyridine rings is 1. The molecule has 0 aliphatic carbocycles. The lowest BCUT2D eigenvalue weighted by Crippen LogP contribution is -2.31. The largest absolute Gasteiger partial charge is 0.503 e. The van der Waals surface area contributed by atoms with Gasteiger partial charge in [0.25, 0.3) is 5.91 Å². The van der Waals surface area contributed by atoms with Crippen LogP contribution >= 0.6 is 11.3 Å². The zero-order valence-corrected chi connectivity index (χ0v) is 18.8. The lowest BCUT2D eigenvalue weighted by Gasteiger charge is -2.26. The Morgan fingerprint density at radius 2 is 1.79 bits per heavy atom. The molecule has 1 amide bonds. The van der Waals surface area contributed by atoms with Crippen molar-refractivity contribution in [2.45, 2.75) is 13.0 Å². The minimum Gasteiger partial charge on any atom is -0.503 e. The average Bonchev–Trinajstić information content (AvgIpc) is 3.37. The molecule has 1 aliphatic rings. The predicted octanol–water partition coefficient (Wildman–Crippen LogP) is 5.44. The first-order chi connectivity index (χ1) is 16.5. The number of carbonyl (C=O) groups excluding carboxylic acids is 2. The predicted molar refractivity (Wildman–Crippen MR) is 127 cm³/mol. The van der Waals surface area contributed by atoms with E-state index in [0.29, 0.717) is 21.1 Å². The summed E-state index contributed by atoms with van der Waals surface area (Å²) in [7, 11) is 0. The number of amides is 1. The van der Waals surface area contributed by atoms with E-state index in [1.165, 1.54) is 46.8 Å². The molecule has 3 heterocycles. The number of hydrogen-bond acceptors (Lipinski definition) is 6. The number of carbonyl (C=O) groups is 2. The molecule has 2 aromatic carbocycles. The zero-order valence-electron chi connectivity index (χ0n) is 18.0. The maximum absolute atomic E-state index is 14.0. The first-order valence-electron chi connectivity index (χ1n) is 10.5. The van der Waals surface area contributed by atoms with Crippen LogP contribution in [0, 0.1) is 12.7 Å². The van der Waals surface area contributed by atoms with E-state index in [1.54, 1.807) is 25.1 Å². The summed E-state index contributed by atoms with van der Waals surface area (Å²) in [4.78, 5) is 37.1. The Bertz CT molecular complexity index is 1430. The summed E-state index contributed by atoms with van der Waals surface area (Å²) in [6, 6.07) is 17.3. The van der Waals surface area contributed by atoms with Gasteiger partial charge in [-0.1, -0.05) is 36.4 Å². The fraction of sp³-hybridized carbons (Fsp3) is 0.0769. The number of hydrogen-bond donors (Lipinski definition) is 1. The molecule has 0 saturated heterocycles. The van der Waals surface area contributed by atoms with Crippen LogP contribution in [-0.4, -0.2) is 26.8 Å². The van der Waals surface area contributed by atoms with Crippen molar-refractivity contribution in [3.63, 3.8) is 0 Å². The Balaban J connectivity index is 1.63. The van der Waals surface area contributed by atoms with Gasteiger partial charge in [0, 0.05) is 23.6 Å². The number of anilines is 1. The Labute approximate surface area is 198 Å². The molecule has 168 valence electrons. The van der Waals surface area contributed by atoms with Crippen molar-refractivity contribution in [2.75, 3.05) is 4.90 Å². The molecule has 4 aromatic rings. The van der Waals surface area contributed by atoms with Crippen molar-refractivity contribution in [1.82, 2.24) is 9.97 Å². The molecule has 0 spiro atoms. The maximum atomic E-state index is 14.0. The van der Waals surface area contributed by atoms with Crippen LogP contribution in [0.4, 0.5) is 10.1 Å². The van der Waals surface area contributed by atoms with E-state index in [9.17, 15) is 19.1 Å². The average molecular weight is 472 g/mol. The van der Waals surface area contributed by atoms with Crippen LogP contribution in [0.2, 0.25) is 0 Å². The van der Waals surface area contributed by atoms with E-state index < -0.39 is 29.3 Å². The monoisotopic (exact) mass is 471 g/mol. The van der Waals surface area contributed by atoms with Gasteiger partial charge in [0.15, 0.2) is 5.76 Å². The normalized spacial score (nSPS) is 15.8. The van der Waals surface area contributed by atoms with E-state index in [2.05, 4.69) is 9.97 Å². The lowest BCUT2D eigenvalue weighted by molar-refractivity contribution is -0.117. The molecule has 8 heteroatoms. The number of thiazole rings is 1. The van der Waals surface area contributed by atoms with Crippen LogP contribution in [0.3, 0.4) is 0 Å². The molecule has 5 rings (SSSR count). The summed E-state index contributed by atoms with van der Waals surface area (Å²) in [6.45, 7) is 1.72. The van der Waals surface area contributed by atoms with Gasteiger partial charge in [-0.25, -0.2) is 9.37 Å².